The lowest BCUT2D eigenvalue weighted by atomic mass is 10.1. The zero-order valence-corrected chi connectivity index (χ0v) is 16.8. The lowest BCUT2D eigenvalue weighted by Crippen LogP contribution is -2.27. The van der Waals surface area contributed by atoms with Gasteiger partial charge in [-0.3, -0.25) is 14.5 Å². The molecule has 28 heavy (non-hydrogen) atoms. The summed E-state index contributed by atoms with van der Waals surface area (Å²) < 4.78 is 1.83. The maximum absolute atomic E-state index is 12.9. The van der Waals surface area contributed by atoms with Crippen molar-refractivity contribution in [2.45, 2.75) is 20.4 Å². The summed E-state index contributed by atoms with van der Waals surface area (Å²) in [7, 11) is 0. The quantitative estimate of drug-likeness (QED) is 0.731. The Morgan fingerprint density at radius 3 is 2.39 bits per heavy atom. The Hall–Kier alpha value is -2.86. The highest BCUT2D eigenvalue weighted by Crippen LogP contribution is 2.24. The predicted octanol–water partition coefficient (Wildman–Crippen LogP) is 4.05. The van der Waals surface area contributed by atoms with E-state index in [0.717, 1.165) is 23.4 Å². The molecule has 0 atom stereocenters. The first kappa shape index (κ1) is 18.5. The van der Waals surface area contributed by atoms with Gasteiger partial charge in [0.1, 0.15) is 5.69 Å². The van der Waals surface area contributed by atoms with E-state index in [-0.39, 0.29) is 5.91 Å². The van der Waals surface area contributed by atoms with Gasteiger partial charge in [-0.2, -0.15) is 5.10 Å². The van der Waals surface area contributed by atoms with Crippen molar-refractivity contribution in [1.82, 2.24) is 15.1 Å². The molecule has 0 bridgehead atoms. The van der Waals surface area contributed by atoms with Gasteiger partial charge in [0.2, 0.25) is 0 Å². The number of nitrogens with one attached hydrogen (secondary N) is 1. The number of carbonyl (C=O) groups is 1. The molecular weight excluding hydrogens is 368 g/mol. The summed E-state index contributed by atoms with van der Waals surface area (Å²) in [5.74, 6) is 0.742. The second kappa shape index (κ2) is 8.02. The van der Waals surface area contributed by atoms with Crippen molar-refractivity contribution >= 4 is 22.8 Å². The van der Waals surface area contributed by atoms with Gasteiger partial charge in [0, 0.05) is 17.5 Å². The van der Waals surface area contributed by atoms with Crippen molar-refractivity contribution in [3.63, 3.8) is 0 Å². The molecule has 1 aromatic heterocycles. The van der Waals surface area contributed by atoms with Crippen molar-refractivity contribution in [2.24, 2.45) is 4.99 Å². The van der Waals surface area contributed by atoms with Gasteiger partial charge in [-0.15, -0.1) is 0 Å². The van der Waals surface area contributed by atoms with E-state index in [0.29, 0.717) is 23.0 Å². The van der Waals surface area contributed by atoms with Crippen LogP contribution in [0.3, 0.4) is 0 Å². The molecule has 0 unspecified atom stereocenters. The summed E-state index contributed by atoms with van der Waals surface area (Å²) in [5.41, 5.74) is 5.72. The molecule has 0 saturated carbocycles. The van der Waals surface area contributed by atoms with Gasteiger partial charge >= 0.3 is 0 Å². The number of hydrogen-bond donors (Lipinski definition) is 1. The molecule has 3 aromatic rings. The van der Waals surface area contributed by atoms with E-state index < -0.39 is 0 Å². The number of carbonyl (C=O) groups excluding carboxylic acids is 1. The van der Waals surface area contributed by atoms with Crippen LogP contribution in [0.25, 0.3) is 11.3 Å². The summed E-state index contributed by atoms with van der Waals surface area (Å²) >= 11 is 1.57. The number of amides is 1. The second-order valence-electron chi connectivity index (χ2n) is 6.93. The molecule has 5 nitrogen and oxygen atoms in total. The van der Waals surface area contributed by atoms with E-state index >= 15 is 0 Å². The number of aryl methyl sites for hydroxylation is 2. The van der Waals surface area contributed by atoms with Crippen LogP contribution in [-0.2, 0) is 6.54 Å². The Balaban J connectivity index is 1.67. The Labute approximate surface area is 168 Å². The molecule has 4 rings (SSSR count). The molecule has 1 N–H and O–H groups in total. The molecule has 1 aliphatic rings. The van der Waals surface area contributed by atoms with Crippen LogP contribution in [0.5, 0.6) is 0 Å². The van der Waals surface area contributed by atoms with E-state index in [1.807, 2.05) is 42.1 Å². The highest BCUT2D eigenvalue weighted by Gasteiger charge is 2.20. The third-order valence-corrected chi connectivity index (χ3v) is 5.49. The molecule has 1 aliphatic heterocycles. The van der Waals surface area contributed by atoms with Crippen molar-refractivity contribution in [3.05, 3.63) is 77.0 Å². The van der Waals surface area contributed by atoms with Gasteiger partial charge in [-0.1, -0.05) is 71.4 Å². The highest BCUT2D eigenvalue weighted by atomic mass is 32.2. The first-order chi connectivity index (χ1) is 13.6. The van der Waals surface area contributed by atoms with E-state index in [1.165, 1.54) is 11.1 Å². The second-order valence-corrected chi connectivity index (χ2v) is 8.01. The van der Waals surface area contributed by atoms with Gasteiger partial charge < -0.3 is 5.32 Å². The van der Waals surface area contributed by atoms with Crippen LogP contribution in [0.2, 0.25) is 0 Å². The molecule has 0 fully saturated rings. The van der Waals surface area contributed by atoms with E-state index in [9.17, 15) is 4.79 Å². The van der Waals surface area contributed by atoms with Crippen molar-refractivity contribution in [3.8, 4) is 11.3 Å². The fourth-order valence-electron chi connectivity index (χ4n) is 3.05. The molecule has 0 spiro atoms. The van der Waals surface area contributed by atoms with Gasteiger partial charge in [-0.25, -0.2) is 0 Å². The van der Waals surface area contributed by atoms with Gasteiger partial charge in [-0.05, 0) is 19.4 Å². The van der Waals surface area contributed by atoms with Crippen LogP contribution in [0.15, 0.2) is 59.7 Å². The zero-order chi connectivity index (χ0) is 19.5. The fraction of sp³-hybridized carbons (Fsp3) is 0.227. The molecule has 2 heterocycles. The predicted molar refractivity (Wildman–Crippen MR) is 115 cm³/mol. The summed E-state index contributed by atoms with van der Waals surface area (Å²) in [4.78, 5) is 17.2. The number of benzene rings is 2. The fourth-order valence-corrected chi connectivity index (χ4v) is 3.77. The van der Waals surface area contributed by atoms with E-state index in [2.05, 4.69) is 41.5 Å². The average molecular weight is 391 g/mol. The lowest BCUT2D eigenvalue weighted by molar-refractivity contribution is 0.0978. The number of aromatic nitrogens is 2. The molecule has 142 valence electrons. The molecule has 6 heteroatoms. The number of hydrogen-bond acceptors (Lipinski definition) is 4. The largest absolute Gasteiger partial charge is 0.301 e. The van der Waals surface area contributed by atoms with Crippen LogP contribution in [0.4, 0.5) is 0 Å². The topological polar surface area (TPSA) is 59.3 Å². The first-order valence-corrected chi connectivity index (χ1v) is 10.3. The number of rotatable bonds is 4. The van der Waals surface area contributed by atoms with E-state index in [4.69, 9.17) is 5.10 Å². The monoisotopic (exact) mass is 390 g/mol. The number of amidine groups is 1. The Morgan fingerprint density at radius 1 is 1.07 bits per heavy atom. The first-order valence-electron chi connectivity index (χ1n) is 9.27. The van der Waals surface area contributed by atoms with Gasteiger partial charge in [0.05, 0.1) is 18.7 Å². The van der Waals surface area contributed by atoms with Crippen LogP contribution in [0.1, 0.15) is 27.0 Å². The van der Waals surface area contributed by atoms with E-state index in [1.54, 1.807) is 11.8 Å². The van der Waals surface area contributed by atoms with Crippen LogP contribution in [0, 0.1) is 13.8 Å². The summed E-state index contributed by atoms with van der Waals surface area (Å²) in [6.45, 7) is 5.47. The maximum Gasteiger partial charge on any atom is 0.261 e. The van der Waals surface area contributed by atoms with Crippen molar-refractivity contribution in [1.29, 1.82) is 0 Å². The highest BCUT2D eigenvalue weighted by molar-refractivity contribution is 8.14. The van der Waals surface area contributed by atoms with Crippen LogP contribution in [-0.4, -0.2) is 33.2 Å². The van der Waals surface area contributed by atoms with Crippen LogP contribution < -0.4 is 5.32 Å². The minimum Gasteiger partial charge on any atom is -0.301 e. The molecule has 0 aliphatic carbocycles. The zero-order valence-electron chi connectivity index (χ0n) is 16.0. The molecular formula is C22H22N4OS. The smallest absolute Gasteiger partial charge is 0.261 e. The van der Waals surface area contributed by atoms with Gasteiger partial charge in [0.15, 0.2) is 5.17 Å². The Morgan fingerprint density at radius 2 is 1.75 bits per heavy atom. The minimum atomic E-state index is -0.168. The lowest BCUT2D eigenvalue weighted by Gasteiger charge is -2.04. The summed E-state index contributed by atoms with van der Waals surface area (Å²) in [6.07, 6.45) is 1.82. The SMILES string of the molecule is Cc1ccc(Cn2cc(C(=O)NC3=NCCS3)c(-c3ccc(C)cc3)n2)cc1. The number of aliphatic imine (C=N–C) groups is 1. The molecule has 0 radical (unpaired) electrons. The third kappa shape index (κ3) is 4.17. The van der Waals surface area contributed by atoms with Crippen molar-refractivity contribution in [2.75, 3.05) is 12.3 Å². The normalized spacial score (nSPS) is 13.4. The molecule has 2 aromatic carbocycles. The molecule has 1 amide bonds. The Kier molecular flexibility index (Phi) is 5.30. The number of nitrogens with zero attached hydrogens (tertiary/aromatic N) is 3. The standard InChI is InChI=1S/C22H22N4OS/c1-15-3-7-17(8-4-15)13-26-14-19(21(27)24-22-23-11-12-28-22)20(25-26)18-9-5-16(2)6-10-18/h3-10,14H,11-13H2,1-2H3,(H,23,24,27). The Bertz CT molecular complexity index is 1020. The average Bonchev–Trinajstić information content (AvgIpc) is 3.34. The molecule has 0 saturated heterocycles. The van der Waals surface area contributed by atoms with Gasteiger partial charge in [0.25, 0.3) is 5.91 Å². The number of thioether (sulfide) groups is 1. The van der Waals surface area contributed by atoms with Crippen LogP contribution >= 0.6 is 11.8 Å². The maximum atomic E-state index is 12.9. The summed E-state index contributed by atoms with van der Waals surface area (Å²) in [6, 6.07) is 16.4. The van der Waals surface area contributed by atoms with Crippen molar-refractivity contribution < 1.29 is 4.79 Å². The third-order valence-electron chi connectivity index (χ3n) is 4.60. The minimum absolute atomic E-state index is 0.168. The summed E-state index contributed by atoms with van der Waals surface area (Å²) in [5, 5.41) is 8.34.